The third kappa shape index (κ3) is 2.50. The summed E-state index contributed by atoms with van der Waals surface area (Å²) < 4.78 is 13.4. The van der Waals surface area contributed by atoms with Crippen LogP contribution in [0.3, 0.4) is 0 Å². The van der Waals surface area contributed by atoms with Crippen LogP contribution in [0.15, 0.2) is 18.2 Å². The molecule has 1 saturated heterocycles. The van der Waals surface area contributed by atoms with Gasteiger partial charge >= 0.3 is 5.97 Å². The molecule has 112 valence electrons. The largest absolute Gasteiger partial charge is 0.481 e. The molecule has 1 aromatic carbocycles. The van der Waals surface area contributed by atoms with Crippen molar-refractivity contribution in [3.8, 4) is 0 Å². The monoisotopic (exact) mass is 311 g/mol. The lowest BCUT2D eigenvalue weighted by molar-refractivity contribution is -0.139. The lowest BCUT2D eigenvalue weighted by Gasteiger charge is -2.32. The van der Waals surface area contributed by atoms with Crippen LogP contribution in [-0.4, -0.2) is 35.0 Å². The van der Waals surface area contributed by atoms with Gasteiger partial charge in [-0.05, 0) is 42.9 Å². The Bertz CT molecular complexity index is 611. The van der Waals surface area contributed by atoms with Gasteiger partial charge in [0.25, 0.3) is 5.91 Å². The molecule has 4 nitrogen and oxygen atoms in total. The van der Waals surface area contributed by atoms with E-state index in [0.717, 1.165) is 6.07 Å². The van der Waals surface area contributed by atoms with Gasteiger partial charge in [0.15, 0.2) is 0 Å². The van der Waals surface area contributed by atoms with Crippen molar-refractivity contribution in [1.82, 2.24) is 4.90 Å². The number of carbonyl (C=O) groups is 2. The van der Waals surface area contributed by atoms with E-state index in [0.29, 0.717) is 32.4 Å². The maximum absolute atomic E-state index is 13.4. The van der Waals surface area contributed by atoms with Crippen LogP contribution in [0.2, 0.25) is 5.02 Å². The number of likely N-dealkylation sites (tertiary alicyclic amines) is 1. The van der Waals surface area contributed by atoms with E-state index in [-0.39, 0.29) is 27.8 Å². The minimum absolute atomic E-state index is 0.00794. The zero-order chi connectivity index (χ0) is 15.2. The average Bonchev–Trinajstić information content (AvgIpc) is 3.16. The highest BCUT2D eigenvalue weighted by Crippen LogP contribution is 2.59. The molecule has 1 spiro atoms. The molecule has 1 aromatic rings. The van der Waals surface area contributed by atoms with E-state index in [4.69, 9.17) is 16.7 Å². The molecular formula is C15H15ClFNO3. The zero-order valence-electron chi connectivity index (χ0n) is 11.3. The SMILES string of the molecule is O=C(O)C1CC12CCN(C(=O)c1ccc(Cl)c(F)c1)CC2. The number of aliphatic carboxylic acids is 1. The number of carboxylic acids is 1. The lowest BCUT2D eigenvalue weighted by atomic mass is 9.90. The first-order chi connectivity index (χ1) is 9.93. The Hall–Kier alpha value is -1.62. The second-order valence-corrected chi connectivity index (χ2v) is 6.29. The molecule has 1 saturated carbocycles. The predicted molar refractivity (Wildman–Crippen MR) is 74.7 cm³/mol. The number of rotatable bonds is 2. The minimum atomic E-state index is -0.741. The summed E-state index contributed by atoms with van der Waals surface area (Å²) in [6.07, 6.45) is 2.11. The molecule has 1 N–H and O–H groups in total. The van der Waals surface area contributed by atoms with Crippen LogP contribution in [-0.2, 0) is 4.79 Å². The van der Waals surface area contributed by atoms with Gasteiger partial charge < -0.3 is 10.0 Å². The number of carboxylic acid groups (broad SMARTS) is 1. The van der Waals surface area contributed by atoms with Crippen molar-refractivity contribution >= 4 is 23.5 Å². The summed E-state index contributed by atoms with van der Waals surface area (Å²) in [7, 11) is 0. The number of hydrogen-bond donors (Lipinski definition) is 1. The van der Waals surface area contributed by atoms with Gasteiger partial charge in [0.05, 0.1) is 10.9 Å². The molecule has 2 fully saturated rings. The van der Waals surface area contributed by atoms with E-state index >= 15 is 0 Å². The fraction of sp³-hybridized carbons (Fsp3) is 0.467. The number of hydrogen-bond acceptors (Lipinski definition) is 2. The van der Waals surface area contributed by atoms with Gasteiger partial charge in [0, 0.05) is 18.7 Å². The molecule has 2 aliphatic rings. The standard InChI is InChI=1S/C15H15ClFNO3/c16-11-2-1-9(7-12(11)17)13(19)18-5-3-15(4-6-18)8-10(15)14(20)21/h1-2,7,10H,3-6,8H2,(H,20,21). The van der Waals surface area contributed by atoms with Gasteiger partial charge in [0.2, 0.25) is 0 Å². The summed E-state index contributed by atoms with van der Waals surface area (Å²) in [6, 6.07) is 4.03. The smallest absolute Gasteiger partial charge is 0.307 e. The Morgan fingerprint density at radius 1 is 1.33 bits per heavy atom. The second kappa shape index (κ2) is 4.98. The Morgan fingerprint density at radius 2 is 2.00 bits per heavy atom. The molecule has 1 amide bonds. The van der Waals surface area contributed by atoms with E-state index in [9.17, 15) is 14.0 Å². The highest BCUT2D eigenvalue weighted by molar-refractivity contribution is 6.30. The Kier molecular flexibility index (Phi) is 3.40. The summed E-state index contributed by atoms with van der Waals surface area (Å²) in [4.78, 5) is 25.0. The van der Waals surface area contributed by atoms with E-state index < -0.39 is 11.8 Å². The van der Waals surface area contributed by atoms with E-state index in [1.165, 1.54) is 12.1 Å². The number of amides is 1. The van der Waals surface area contributed by atoms with Crippen LogP contribution in [0.25, 0.3) is 0 Å². The van der Waals surface area contributed by atoms with Crippen LogP contribution < -0.4 is 0 Å². The highest BCUT2D eigenvalue weighted by Gasteiger charge is 2.59. The molecule has 1 aliphatic carbocycles. The first kappa shape index (κ1) is 14.3. The summed E-state index contributed by atoms with van der Waals surface area (Å²) in [5, 5.41) is 9.04. The second-order valence-electron chi connectivity index (χ2n) is 5.88. The van der Waals surface area contributed by atoms with Crippen LogP contribution in [0.5, 0.6) is 0 Å². The van der Waals surface area contributed by atoms with Crippen molar-refractivity contribution in [2.75, 3.05) is 13.1 Å². The fourth-order valence-electron chi connectivity index (χ4n) is 3.22. The average molecular weight is 312 g/mol. The molecule has 0 aromatic heterocycles. The summed E-state index contributed by atoms with van der Waals surface area (Å²) >= 11 is 5.61. The zero-order valence-corrected chi connectivity index (χ0v) is 12.1. The van der Waals surface area contributed by atoms with Crippen molar-refractivity contribution in [3.05, 3.63) is 34.6 Å². The van der Waals surface area contributed by atoms with Gasteiger partial charge in [0.1, 0.15) is 5.82 Å². The first-order valence-corrected chi connectivity index (χ1v) is 7.28. The van der Waals surface area contributed by atoms with Crippen LogP contribution in [0.4, 0.5) is 4.39 Å². The number of halogens is 2. The first-order valence-electron chi connectivity index (χ1n) is 6.90. The number of nitrogens with zero attached hydrogens (tertiary/aromatic N) is 1. The molecule has 21 heavy (non-hydrogen) atoms. The van der Waals surface area contributed by atoms with Gasteiger partial charge in [-0.15, -0.1) is 0 Å². The van der Waals surface area contributed by atoms with E-state index in [1.54, 1.807) is 4.90 Å². The quantitative estimate of drug-likeness (QED) is 0.913. The third-order valence-corrected chi connectivity index (χ3v) is 5.01. The molecule has 1 atom stereocenters. The Morgan fingerprint density at radius 3 is 2.52 bits per heavy atom. The summed E-state index contributed by atoms with van der Waals surface area (Å²) in [5.74, 6) is -1.84. The van der Waals surface area contributed by atoms with Crippen LogP contribution in [0.1, 0.15) is 29.6 Å². The van der Waals surface area contributed by atoms with Crippen molar-refractivity contribution < 1.29 is 19.1 Å². The number of piperidine rings is 1. The van der Waals surface area contributed by atoms with Crippen LogP contribution in [0, 0.1) is 17.2 Å². The van der Waals surface area contributed by atoms with Gasteiger partial charge in [-0.2, -0.15) is 0 Å². The maximum atomic E-state index is 13.4. The molecule has 6 heteroatoms. The molecule has 3 rings (SSSR count). The maximum Gasteiger partial charge on any atom is 0.307 e. The topological polar surface area (TPSA) is 57.6 Å². The fourth-order valence-corrected chi connectivity index (χ4v) is 3.33. The lowest BCUT2D eigenvalue weighted by Crippen LogP contribution is -2.40. The Balaban J connectivity index is 1.66. The van der Waals surface area contributed by atoms with Gasteiger partial charge in [-0.3, -0.25) is 9.59 Å². The molecule has 0 bridgehead atoms. The summed E-state index contributed by atoms with van der Waals surface area (Å²) in [6.45, 7) is 1.04. The Labute approximate surface area is 126 Å². The molecule has 0 radical (unpaired) electrons. The van der Waals surface area contributed by atoms with Crippen molar-refractivity contribution in [2.45, 2.75) is 19.3 Å². The highest BCUT2D eigenvalue weighted by atomic mass is 35.5. The minimum Gasteiger partial charge on any atom is -0.481 e. The normalized spacial score (nSPS) is 23.1. The molecule has 1 unspecified atom stereocenters. The molecular weight excluding hydrogens is 297 g/mol. The van der Waals surface area contributed by atoms with E-state index in [2.05, 4.69) is 0 Å². The number of benzene rings is 1. The van der Waals surface area contributed by atoms with Crippen molar-refractivity contribution in [2.24, 2.45) is 11.3 Å². The molecule has 1 heterocycles. The number of carbonyl (C=O) groups excluding carboxylic acids is 1. The van der Waals surface area contributed by atoms with E-state index in [1.807, 2.05) is 0 Å². The third-order valence-electron chi connectivity index (χ3n) is 4.70. The van der Waals surface area contributed by atoms with Crippen molar-refractivity contribution in [1.29, 1.82) is 0 Å². The summed E-state index contributed by atoms with van der Waals surface area (Å²) in [5.41, 5.74) is 0.159. The predicted octanol–water partition coefficient (Wildman–Crippen LogP) is 2.81. The van der Waals surface area contributed by atoms with Gasteiger partial charge in [-0.1, -0.05) is 11.6 Å². The van der Waals surface area contributed by atoms with Gasteiger partial charge in [-0.25, -0.2) is 4.39 Å². The molecule has 1 aliphatic heterocycles. The van der Waals surface area contributed by atoms with Crippen molar-refractivity contribution in [3.63, 3.8) is 0 Å². The van der Waals surface area contributed by atoms with Crippen LogP contribution >= 0.6 is 11.6 Å².